The standard InChI is InChI=1S/C27H21N5.C2H3N.2CHF3O3S.Co/c1-27(24-14-4-7-19-30-24,25-15-8-12-22(31-25)20-10-2-5-17-28-20)26-16-9-13-23(32-26)21-11-3-6-18-29-21;1-2-3;2*2-1(3,4)8(5,6)7;/h2-19H,1H3;1H3;2*(H,5,6,7);/q;;;;+2/p-2. The molecule has 0 N–H and O–H groups in total. The molecule has 52 heavy (non-hydrogen) atoms. The molecule has 0 fully saturated rings. The average Bonchev–Trinajstić information content (AvgIpc) is 3.08. The molecule has 0 saturated carbocycles. The van der Waals surface area contributed by atoms with Gasteiger partial charge in [-0.05, 0) is 67.6 Å². The second-order valence-electron chi connectivity index (χ2n) is 9.61. The molecule has 277 valence electrons. The van der Waals surface area contributed by atoms with Crippen LogP contribution in [0.1, 0.15) is 30.9 Å². The van der Waals surface area contributed by atoms with Crippen molar-refractivity contribution in [3.8, 4) is 28.8 Å². The van der Waals surface area contributed by atoms with Crippen LogP contribution in [-0.2, 0) is 42.4 Å². The number of halogens is 6. The molecule has 5 aromatic heterocycles. The molecule has 0 saturated heterocycles. The van der Waals surface area contributed by atoms with Gasteiger partial charge in [0.15, 0.2) is 20.2 Å². The third-order valence-corrected chi connectivity index (χ3v) is 7.26. The fourth-order valence-corrected chi connectivity index (χ4v) is 3.79. The molecule has 0 unspecified atom stereocenters. The van der Waals surface area contributed by atoms with Crippen LogP contribution in [0.15, 0.2) is 110 Å². The van der Waals surface area contributed by atoms with Crippen LogP contribution in [0.25, 0.3) is 22.8 Å². The van der Waals surface area contributed by atoms with E-state index in [0.717, 1.165) is 39.9 Å². The van der Waals surface area contributed by atoms with Gasteiger partial charge < -0.3 is 9.11 Å². The van der Waals surface area contributed by atoms with Crippen molar-refractivity contribution in [2.24, 2.45) is 0 Å². The molecule has 0 amide bonds. The van der Waals surface area contributed by atoms with Gasteiger partial charge in [0, 0.05) is 25.5 Å². The van der Waals surface area contributed by atoms with Gasteiger partial charge in [-0.3, -0.25) is 15.0 Å². The summed E-state index contributed by atoms with van der Waals surface area (Å²) in [6, 6.07) is 31.4. The molecular formula is C31H24CoF6N6O6S2. The Balaban J connectivity index is 0.000000561. The Labute approximate surface area is 304 Å². The topological polar surface area (TPSA) is 203 Å². The van der Waals surface area contributed by atoms with Gasteiger partial charge in [-0.15, -0.1) is 0 Å². The molecule has 5 rings (SSSR count). The van der Waals surface area contributed by atoms with Gasteiger partial charge >= 0.3 is 27.8 Å². The molecule has 0 aliphatic carbocycles. The molecule has 1 radical (unpaired) electrons. The van der Waals surface area contributed by atoms with E-state index in [9.17, 15) is 26.3 Å². The van der Waals surface area contributed by atoms with E-state index < -0.39 is 36.7 Å². The Morgan fingerprint density at radius 2 is 0.846 bits per heavy atom. The first kappa shape index (κ1) is 45.2. The first-order valence-electron chi connectivity index (χ1n) is 13.7. The zero-order valence-corrected chi connectivity index (χ0v) is 29.1. The fraction of sp³-hybridized carbons (Fsp3) is 0.161. The maximum atomic E-state index is 10.7. The van der Waals surface area contributed by atoms with E-state index in [0.29, 0.717) is 0 Å². The second kappa shape index (κ2) is 19.1. The van der Waals surface area contributed by atoms with E-state index in [-0.39, 0.29) is 16.8 Å². The van der Waals surface area contributed by atoms with Crippen molar-refractivity contribution in [3.63, 3.8) is 0 Å². The first-order valence-corrected chi connectivity index (χ1v) is 16.5. The quantitative estimate of drug-likeness (QED) is 0.114. The molecule has 0 aliphatic heterocycles. The Morgan fingerprint density at radius 3 is 1.12 bits per heavy atom. The number of alkyl halides is 6. The summed E-state index contributed by atoms with van der Waals surface area (Å²) in [5.41, 5.74) is -6.11. The van der Waals surface area contributed by atoms with Crippen molar-refractivity contribution in [1.29, 1.82) is 5.26 Å². The van der Waals surface area contributed by atoms with Crippen molar-refractivity contribution >= 4 is 20.2 Å². The van der Waals surface area contributed by atoms with Crippen molar-refractivity contribution in [1.82, 2.24) is 24.9 Å². The molecule has 21 heteroatoms. The van der Waals surface area contributed by atoms with Crippen molar-refractivity contribution in [2.45, 2.75) is 30.3 Å². The van der Waals surface area contributed by atoms with E-state index in [4.69, 9.17) is 46.2 Å². The summed E-state index contributed by atoms with van der Waals surface area (Å²) in [7, 11) is -12.2. The Hall–Kier alpha value is -4.85. The molecule has 5 aromatic rings. The molecular weight excluding hydrogens is 789 g/mol. The Kier molecular flexibility index (Phi) is 16.6. The molecule has 5 heterocycles. The monoisotopic (exact) mass is 813 g/mol. The van der Waals surface area contributed by atoms with Crippen LogP contribution in [0, 0.1) is 11.3 Å². The largest absolute Gasteiger partial charge is 2.00 e. The smallest absolute Gasteiger partial charge is 0.741 e. The van der Waals surface area contributed by atoms with Crippen LogP contribution in [0.5, 0.6) is 0 Å². The van der Waals surface area contributed by atoms with Crippen LogP contribution < -0.4 is 0 Å². The summed E-state index contributed by atoms with van der Waals surface area (Å²) >= 11 is 0. The van der Waals surface area contributed by atoms with Gasteiger partial charge in [-0.2, -0.15) is 31.6 Å². The van der Waals surface area contributed by atoms with Crippen LogP contribution in [0.3, 0.4) is 0 Å². The number of nitrogens with zero attached hydrogens (tertiary/aromatic N) is 6. The molecule has 0 atom stereocenters. The molecule has 12 nitrogen and oxygen atoms in total. The number of aromatic nitrogens is 5. The number of hydrogen-bond donors (Lipinski definition) is 0. The van der Waals surface area contributed by atoms with Gasteiger partial charge in [-0.25, -0.2) is 26.8 Å². The van der Waals surface area contributed by atoms with Crippen LogP contribution in [0.2, 0.25) is 0 Å². The third-order valence-electron chi connectivity index (χ3n) is 6.12. The summed E-state index contributed by atoms with van der Waals surface area (Å²) < 4.78 is 118. The SMILES string of the molecule is CC#N.CC(c1ccccn1)(c1cccc(-c2ccccn2)n1)c1cccc(-c2ccccn2)n1.O=S(=O)([O-])C(F)(F)F.O=S(=O)([O-])C(F)(F)F.[Co+2]. The minimum absolute atomic E-state index is 0. The van der Waals surface area contributed by atoms with E-state index in [1.165, 1.54) is 6.92 Å². The summed E-state index contributed by atoms with van der Waals surface area (Å²) in [4.78, 5) is 23.7. The zero-order chi connectivity index (χ0) is 38.5. The predicted octanol–water partition coefficient (Wildman–Crippen LogP) is 5.98. The van der Waals surface area contributed by atoms with Crippen molar-refractivity contribution in [3.05, 3.63) is 127 Å². The summed E-state index contributed by atoms with van der Waals surface area (Å²) in [5.74, 6) is 0. The van der Waals surface area contributed by atoms with Crippen LogP contribution in [0.4, 0.5) is 26.3 Å². The number of nitriles is 1. The third kappa shape index (κ3) is 12.7. The summed E-state index contributed by atoms with van der Waals surface area (Å²) in [6.45, 7) is 3.55. The maximum Gasteiger partial charge on any atom is 2.00 e. The zero-order valence-electron chi connectivity index (χ0n) is 26.4. The second-order valence-corrected chi connectivity index (χ2v) is 12.4. The minimum atomic E-state index is -6.09. The normalized spacial score (nSPS) is 11.4. The van der Waals surface area contributed by atoms with Crippen molar-refractivity contribution < 1.29 is 69.1 Å². The van der Waals surface area contributed by atoms with E-state index >= 15 is 0 Å². The minimum Gasteiger partial charge on any atom is -0.741 e. The molecule has 0 aromatic carbocycles. The van der Waals surface area contributed by atoms with E-state index in [2.05, 4.69) is 16.9 Å². The van der Waals surface area contributed by atoms with Gasteiger partial charge in [0.25, 0.3) is 0 Å². The summed E-state index contributed by atoms with van der Waals surface area (Å²) in [5, 5.41) is 7.32. The van der Waals surface area contributed by atoms with Crippen LogP contribution in [-0.4, -0.2) is 61.9 Å². The molecule has 0 bridgehead atoms. The number of pyridine rings is 5. The number of rotatable bonds is 5. The van der Waals surface area contributed by atoms with Gasteiger partial charge in [0.05, 0.1) is 51.3 Å². The van der Waals surface area contributed by atoms with E-state index in [1.807, 2.05) is 91.0 Å². The Bertz CT molecular complexity index is 2000. The van der Waals surface area contributed by atoms with Gasteiger partial charge in [0.2, 0.25) is 0 Å². The first-order chi connectivity index (χ1) is 23.7. The average molecular weight is 814 g/mol. The molecule has 0 spiro atoms. The van der Waals surface area contributed by atoms with Gasteiger partial charge in [-0.1, -0.05) is 30.3 Å². The van der Waals surface area contributed by atoms with Crippen molar-refractivity contribution in [2.75, 3.05) is 0 Å². The Morgan fingerprint density at radius 1 is 0.558 bits per heavy atom. The van der Waals surface area contributed by atoms with Crippen LogP contribution >= 0.6 is 0 Å². The molecule has 0 aliphatic rings. The van der Waals surface area contributed by atoms with Gasteiger partial charge in [0.1, 0.15) is 0 Å². The van der Waals surface area contributed by atoms with E-state index in [1.54, 1.807) is 24.7 Å². The fourth-order valence-electron chi connectivity index (χ4n) is 3.79. The predicted molar refractivity (Wildman–Crippen MR) is 168 cm³/mol. The maximum absolute atomic E-state index is 10.7. The number of hydrogen-bond acceptors (Lipinski definition) is 12. The summed E-state index contributed by atoms with van der Waals surface area (Å²) in [6.07, 6.45) is 5.36.